The molecule has 0 heterocycles. The van der Waals surface area contributed by atoms with E-state index in [1.165, 1.54) is 0 Å². The lowest BCUT2D eigenvalue weighted by Gasteiger charge is -2.00. The predicted octanol–water partition coefficient (Wildman–Crippen LogP) is 1.21. The molecule has 0 aromatic heterocycles. The molecule has 0 aliphatic rings. The molecular formula is C7H10FNO2S. The Bertz CT molecular complexity index is 323. The van der Waals surface area contributed by atoms with Gasteiger partial charge in [0.1, 0.15) is 0 Å². The molecule has 1 aromatic rings. The second kappa shape index (κ2) is 4.06. The highest BCUT2D eigenvalue weighted by Gasteiger charge is 1.98. The first-order valence-corrected chi connectivity index (χ1v) is 5.00. The van der Waals surface area contributed by atoms with Crippen LogP contribution in [0.5, 0.6) is 0 Å². The fraction of sp³-hybridized carbons (Fsp3) is 0.143. The molecule has 12 heavy (non-hydrogen) atoms. The van der Waals surface area contributed by atoms with Gasteiger partial charge in [0.25, 0.3) is 0 Å². The van der Waals surface area contributed by atoms with Crippen LogP contribution in [0.25, 0.3) is 0 Å². The summed E-state index contributed by atoms with van der Waals surface area (Å²) in [5.41, 5.74) is 0.593. The van der Waals surface area contributed by atoms with Gasteiger partial charge in [-0.3, -0.25) is 9.43 Å². The van der Waals surface area contributed by atoms with E-state index in [2.05, 4.69) is 4.72 Å². The van der Waals surface area contributed by atoms with Crippen molar-refractivity contribution < 1.29 is 13.1 Å². The minimum atomic E-state index is -3.13. The number of sulfonamides is 1. The van der Waals surface area contributed by atoms with Crippen LogP contribution in [0.1, 0.15) is 0 Å². The normalized spacial score (nSPS) is 10.1. The number of rotatable bonds is 2. The molecule has 0 saturated heterocycles. The number of para-hydroxylation sites is 1. The van der Waals surface area contributed by atoms with Crippen LogP contribution in [0.4, 0.5) is 10.4 Å². The third kappa shape index (κ3) is 3.92. The van der Waals surface area contributed by atoms with E-state index >= 15 is 0 Å². The van der Waals surface area contributed by atoms with Gasteiger partial charge in [-0.2, -0.15) is 0 Å². The van der Waals surface area contributed by atoms with Gasteiger partial charge in [-0.1, -0.05) is 18.2 Å². The molecular weight excluding hydrogens is 181 g/mol. The van der Waals surface area contributed by atoms with Crippen molar-refractivity contribution in [3.8, 4) is 0 Å². The minimum Gasteiger partial charge on any atom is -0.284 e. The summed E-state index contributed by atoms with van der Waals surface area (Å²) in [4.78, 5) is 0. The molecule has 0 amide bonds. The molecule has 1 rings (SSSR count). The third-order valence-corrected chi connectivity index (χ3v) is 1.68. The van der Waals surface area contributed by atoms with Crippen molar-refractivity contribution in [1.82, 2.24) is 0 Å². The van der Waals surface area contributed by atoms with Crippen LogP contribution in [-0.2, 0) is 10.0 Å². The Kier molecular flexibility index (Phi) is 3.69. The maximum Gasteiger partial charge on any atom is 0.229 e. The summed E-state index contributed by atoms with van der Waals surface area (Å²) in [5, 5.41) is 0. The Morgan fingerprint density at radius 3 is 2.08 bits per heavy atom. The Hall–Kier alpha value is -1.10. The summed E-state index contributed by atoms with van der Waals surface area (Å²) < 4.78 is 23.7. The number of nitrogens with one attached hydrogen (secondary N) is 1. The summed E-state index contributed by atoms with van der Waals surface area (Å²) in [6.45, 7) is 0. The molecule has 0 spiro atoms. The molecule has 0 unspecified atom stereocenters. The number of hydrogen-bond donors (Lipinski definition) is 1. The van der Waals surface area contributed by atoms with Gasteiger partial charge in [0.15, 0.2) is 0 Å². The van der Waals surface area contributed by atoms with Gasteiger partial charge in [-0.15, -0.1) is 0 Å². The first-order chi connectivity index (χ1) is 5.08. The Labute approximate surface area is 70.8 Å². The highest BCUT2D eigenvalue weighted by atomic mass is 32.2. The van der Waals surface area contributed by atoms with E-state index in [0.29, 0.717) is 5.69 Å². The van der Waals surface area contributed by atoms with Gasteiger partial charge in [-0.05, 0) is 12.1 Å². The Morgan fingerprint density at radius 2 is 1.67 bits per heavy atom. The van der Waals surface area contributed by atoms with Gasteiger partial charge in [0.2, 0.25) is 10.0 Å². The van der Waals surface area contributed by atoms with Crippen molar-refractivity contribution in [3.63, 3.8) is 0 Å². The van der Waals surface area contributed by atoms with Gasteiger partial charge >= 0.3 is 0 Å². The van der Waals surface area contributed by atoms with E-state index in [9.17, 15) is 8.42 Å². The predicted molar refractivity (Wildman–Crippen MR) is 47.4 cm³/mol. The fourth-order valence-electron chi connectivity index (χ4n) is 0.720. The average molecular weight is 191 g/mol. The van der Waals surface area contributed by atoms with Crippen molar-refractivity contribution in [2.24, 2.45) is 0 Å². The molecule has 0 bridgehead atoms. The molecule has 5 heteroatoms. The first kappa shape index (κ1) is 10.9. The van der Waals surface area contributed by atoms with Crippen LogP contribution in [-0.4, -0.2) is 14.7 Å². The van der Waals surface area contributed by atoms with Crippen LogP contribution in [0.3, 0.4) is 0 Å². The molecule has 0 aliphatic heterocycles. The van der Waals surface area contributed by atoms with Gasteiger partial charge in [0.05, 0.1) is 6.26 Å². The zero-order valence-electron chi connectivity index (χ0n) is 6.52. The van der Waals surface area contributed by atoms with Crippen LogP contribution in [0.15, 0.2) is 30.3 Å². The molecule has 0 radical (unpaired) electrons. The molecule has 1 aromatic carbocycles. The second-order valence-electron chi connectivity index (χ2n) is 2.24. The topological polar surface area (TPSA) is 46.2 Å². The number of benzene rings is 1. The molecule has 0 fully saturated rings. The summed E-state index contributed by atoms with van der Waals surface area (Å²) in [5.74, 6) is 0. The van der Waals surface area contributed by atoms with Crippen molar-refractivity contribution in [3.05, 3.63) is 30.3 Å². The average Bonchev–Trinajstić information content (AvgIpc) is 1.85. The molecule has 3 nitrogen and oxygen atoms in total. The minimum absolute atomic E-state index is 0. The molecule has 1 N–H and O–H groups in total. The smallest absolute Gasteiger partial charge is 0.229 e. The fourth-order valence-corrected chi connectivity index (χ4v) is 1.28. The van der Waals surface area contributed by atoms with Gasteiger partial charge < -0.3 is 0 Å². The molecule has 0 aliphatic carbocycles. The number of halogens is 1. The van der Waals surface area contributed by atoms with Crippen LogP contribution in [0.2, 0.25) is 0 Å². The van der Waals surface area contributed by atoms with E-state index in [1.54, 1.807) is 24.3 Å². The Balaban J connectivity index is 0.00000121. The van der Waals surface area contributed by atoms with Gasteiger partial charge in [-0.25, -0.2) is 8.42 Å². The second-order valence-corrected chi connectivity index (χ2v) is 3.99. The summed E-state index contributed by atoms with van der Waals surface area (Å²) in [6.07, 6.45) is 1.12. The lowest BCUT2D eigenvalue weighted by Crippen LogP contribution is -2.08. The van der Waals surface area contributed by atoms with Crippen LogP contribution in [0, 0.1) is 0 Å². The molecule has 68 valence electrons. The van der Waals surface area contributed by atoms with Crippen molar-refractivity contribution in [1.29, 1.82) is 0 Å². The lowest BCUT2D eigenvalue weighted by atomic mass is 10.3. The maximum atomic E-state index is 10.7. The highest BCUT2D eigenvalue weighted by molar-refractivity contribution is 7.92. The lowest BCUT2D eigenvalue weighted by molar-refractivity contribution is 0.607. The van der Waals surface area contributed by atoms with Crippen molar-refractivity contribution in [2.45, 2.75) is 0 Å². The monoisotopic (exact) mass is 191 g/mol. The van der Waals surface area contributed by atoms with E-state index < -0.39 is 10.0 Å². The number of anilines is 1. The highest BCUT2D eigenvalue weighted by Crippen LogP contribution is 2.05. The Morgan fingerprint density at radius 1 is 1.17 bits per heavy atom. The largest absolute Gasteiger partial charge is 0.284 e. The maximum absolute atomic E-state index is 10.7. The van der Waals surface area contributed by atoms with E-state index in [4.69, 9.17) is 0 Å². The summed E-state index contributed by atoms with van der Waals surface area (Å²) >= 11 is 0. The van der Waals surface area contributed by atoms with Crippen LogP contribution < -0.4 is 4.72 Å². The standard InChI is InChI=1S/C7H9NO2S.FH/c1-11(9,10)8-7-5-3-2-4-6-7;/h2-6,8H,1H3;1H. The van der Waals surface area contributed by atoms with Crippen molar-refractivity contribution >= 4 is 15.7 Å². The third-order valence-electron chi connectivity index (χ3n) is 1.08. The molecule has 0 atom stereocenters. The molecule has 0 saturated carbocycles. The van der Waals surface area contributed by atoms with E-state index in [0.717, 1.165) is 6.26 Å². The van der Waals surface area contributed by atoms with E-state index in [1.807, 2.05) is 6.07 Å². The van der Waals surface area contributed by atoms with Crippen LogP contribution >= 0.6 is 0 Å². The zero-order chi connectivity index (χ0) is 8.32. The SMILES string of the molecule is CS(=O)(=O)Nc1ccccc1.F. The summed E-state index contributed by atoms with van der Waals surface area (Å²) in [7, 11) is -3.13. The first-order valence-electron chi connectivity index (χ1n) is 3.11. The quantitative estimate of drug-likeness (QED) is 0.763. The van der Waals surface area contributed by atoms with E-state index in [-0.39, 0.29) is 4.70 Å². The van der Waals surface area contributed by atoms with Crippen molar-refractivity contribution in [2.75, 3.05) is 11.0 Å². The number of hydrogen-bond acceptors (Lipinski definition) is 2. The summed E-state index contributed by atoms with van der Waals surface area (Å²) in [6, 6.07) is 8.76. The zero-order valence-corrected chi connectivity index (χ0v) is 7.34. The van der Waals surface area contributed by atoms with Gasteiger partial charge in [0, 0.05) is 5.69 Å².